The number of hydrogen-bond donors (Lipinski definition) is 2. The summed E-state index contributed by atoms with van der Waals surface area (Å²) in [4.78, 5) is 21.6. The van der Waals surface area contributed by atoms with Crippen molar-refractivity contribution in [1.29, 1.82) is 0 Å². The maximum Gasteiger partial charge on any atom is 0.227 e. The molecule has 0 spiro atoms. The molecule has 11 heteroatoms. The zero-order chi connectivity index (χ0) is 24.2. The highest BCUT2D eigenvalue weighted by Crippen LogP contribution is 2.34. The molecule has 0 aliphatic carbocycles. The van der Waals surface area contributed by atoms with Crippen LogP contribution in [0.25, 0.3) is 22.0 Å². The molecule has 0 aliphatic heterocycles. The maximum atomic E-state index is 6.14. The molecular weight excluding hydrogens is 456 g/mol. The molecule has 4 heterocycles. The van der Waals surface area contributed by atoms with Crippen molar-refractivity contribution in [3.05, 3.63) is 97.5 Å². The van der Waals surface area contributed by atoms with E-state index in [2.05, 4.69) is 40.5 Å². The summed E-state index contributed by atoms with van der Waals surface area (Å²) < 4.78 is 7.91. The predicted molar refractivity (Wildman–Crippen MR) is 132 cm³/mol. The van der Waals surface area contributed by atoms with Gasteiger partial charge in [0, 0.05) is 53.1 Å². The van der Waals surface area contributed by atoms with Gasteiger partial charge in [-0.3, -0.25) is 15.1 Å². The summed E-state index contributed by atoms with van der Waals surface area (Å²) >= 11 is 0. The van der Waals surface area contributed by atoms with E-state index < -0.39 is 0 Å². The third-order valence-corrected chi connectivity index (χ3v) is 5.48. The van der Waals surface area contributed by atoms with Crippen LogP contribution in [0.3, 0.4) is 0 Å². The molecule has 0 atom stereocenters. The van der Waals surface area contributed by atoms with E-state index in [1.807, 2.05) is 42.6 Å². The molecule has 0 radical (unpaired) electrons. The number of fused-ring (bicyclic) bond motifs is 1. The van der Waals surface area contributed by atoms with Crippen molar-refractivity contribution in [2.75, 3.05) is 5.32 Å². The van der Waals surface area contributed by atoms with Gasteiger partial charge in [-0.1, -0.05) is 12.1 Å². The topological polar surface area (TPSA) is 132 Å². The Labute approximate surface area is 205 Å². The number of nitrogens with one attached hydrogen (secondary N) is 2. The number of anilines is 2. The normalized spacial score (nSPS) is 11.0. The van der Waals surface area contributed by atoms with Gasteiger partial charge in [0.25, 0.3) is 0 Å². The van der Waals surface area contributed by atoms with Gasteiger partial charge >= 0.3 is 0 Å². The van der Waals surface area contributed by atoms with Crippen molar-refractivity contribution in [2.24, 2.45) is 0 Å². The second-order valence-electron chi connectivity index (χ2n) is 7.99. The lowest BCUT2D eigenvalue weighted by Gasteiger charge is -2.13. The Kier molecular flexibility index (Phi) is 5.68. The number of benzene rings is 2. The first-order chi connectivity index (χ1) is 17.8. The van der Waals surface area contributed by atoms with E-state index in [1.165, 1.54) is 6.33 Å². The van der Waals surface area contributed by atoms with E-state index in [0.717, 1.165) is 39.0 Å². The van der Waals surface area contributed by atoms with E-state index in [4.69, 9.17) is 9.72 Å². The minimum absolute atomic E-state index is 0.277. The second kappa shape index (κ2) is 9.58. The number of aromatic nitrogens is 9. The monoisotopic (exact) mass is 476 g/mol. The lowest BCUT2D eigenvalue weighted by Crippen LogP contribution is -2.02. The smallest absolute Gasteiger partial charge is 0.227 e. The van der Waals surface area contributed by atoms with Gasteiger partial charge in [-0.05, 0) is 23.8 Å². The Morgan fingerprint density at radius 3 is 2.83 bits per heavy atom. The molecule has 0 unspecified atom stereocenters. The van der Waals surface area contributed by atoms with E-state index in [9.17, 15) is 0 Å². The van der Waals surface area contributed by atoms with Crippen molar-refractivity contribution < 1.29 is 4.74 Å². The first-order valence-electron chi connectivity index (χ1n) is 11.2. The number of aromatic amines is 1. The molecule has 4 aromatic heterocycles. The number of rotatable bonds is 8. The SMILES string of the molecule is c1cc(Cn2cncn2)cc(Nc2ncc3cc(-c4cn[nH]c4)c(OCc4cnccn4)cc3n2)c1. The van der Waals surface area contributed by atoms with Crippen molar-refractivity contribution in [3.8, 4) is 16.9 Å². The first-order valence-corrected chi connectivity index (χ1v) is 11.2. The van der Waals surface area contributed by atoms with E-state index in [1.54, 1.807) is 42.0 Å². The van der Waals surface area contributed by atoms with E-state index in [-0.39, 0.29) is 6.61 Å². The van der Waals surface area contributed by atoms with Gasteiger partial charge in [0.2, 0.25) is 5.95 Å². The number of nitrogens with zero attached hydrogens (tertiary/aromatic N) is 8. The average molecular weight is 477 g/mol. The van der Waals surface area contributed by atoms with Crippen LogP contribution >= 0.6 is 0 Å². The summed E-state index contributed by atoms with van der Waals surface area (Å²) in [5, 5.41) is 15.3. The quantitative estimate of drug-likeness (QED) is 0.337. The van der Waals surface area contributed by atoms with Crippen LogP contribution in [0.5, 0.6) is 5.75 Å². The lowest BCUT2D eigenvalue weighted by atomic mass is 10.1. The zero-order valence-electron chi connectivity index (χ0n) is 19.0. The summed E-state index contributed by atoms with van der Waals surface area (Å²) in [6.45, 7) is 0.899. The number of hydrogen-bond acceptors (Lipinski definition) is 9. The van der Waals surface area contributed by atoms with Gasteiger partial charge < -0.3 is 10.1 Å². The third kappa shape index (κ3) is 4.71. The fourth-order valence-electron chi connectivity index (χ4n) is 3.80. The summed E-state index contributed by atoms with van der Waals surface area (Å²) in [7, 11) is 0. The highest BCUT2D eigenvalue weighted by Gasteiger charge is 2.13. The minimum Gasteiger partial charge on any atom is -0.487 e. The first kappa shape index (κ1) is 21.4. The zero-order valence-corrected chi connectivity index (χ0v) is 19.0. The van der Waals surface area contributed by atoms with Crippen LogP contribution in [-0.2, 0) is 13.2 Å². The number of ether oxygens (including phenoxy) is 1. The third-order valence-electron chi connectivity index (χ3n) is 5.48. The maximum absolute atomic E-state index is 6.14. The molecule has 2 N–H and O–H groups in total. The Morgan fingerprint density at radius 1 is 1.00 bits per heavy atom. The number of H-pyrrole nitrogens is 1. The Morgan fingerprint density at radius 2 is 2.00 bits per heavy atom. The minimum atomic E-state index is 0.277. The van der Waals surface area contributed by atoms with Crippen molar-refractivity contribution in [2.45, 2.75) is 13.2 Å². The summed E-state index contributed by atoms with van der Waals surface area (Å²) in [6.07, 6.45) is 13.5. The Balaban J connectivity index is 1.29. The summed E-state index contributed by atoms with van der Waals surface area (Å²) in [6, 6.07) is 11.9. The molecule has 6 rings (SSSR count). The molecule has 0 saturated heterocycles. The van der Waals surface area contributed by atoms with Crippen molar-refractivity contribution in [1.82, 2.24) is 44.9 Å². The van der Waals surface area contributed by atoms with Gasteiger partial charge in [-0.25, -0.2) is 19.6 Å². The van der Waals surface area contributed by atoms with Crippen LogP contribution in [0.1, 0.15) is 11.3 Å². The van der Waals surface area contributed by atoms with Gasteiger partial charge in [0.15, 0.2) is 0 Å². The molecular formula is C25H20N10O. The highest BCUT2D eigenvalue weighted by molar-refractivity contribution is 5.88. The van der Waals surface area contributed by atoms with Crippen molar-refractivity contribution >= 4 is 22.5 Å². The fourth-order valence-corrected chi connectivity index (χ4v) is 3.80. The van der Waals surface area contributed by atoms with Gasteiger partial charge in [0.05, 0.1) is 30.1 Å². The van der Waals surface area contributed by atoms with Crippen LogP contribution in [0, 0.1) is 0 Å². The van der Waals surface area contributed by atoms with Crippen LogP contribution in [0.2, 0.25) is 0 Å². The Bertz CT molecular complexity index is 1580. The van der Waals surface area contributed by atoms with Crippen LogP contribution in [0.15, 0.2) is 86.2 Å². The lowest BCUT2D eigenvalue weighted by molar-refractivity contribution is 0.302. The molecule has 36 heavy (non-hydrogen) atoms. The molecule has 0 bridgehead atoms. The molecule has 0 fully saturated rings. The Hall–Kier alpha value is -5.19. The molecule has 2 aromatic carbocycles. The van der Waals surface area contributed by atoms with Crippen LogP contribution in [-0.4, -0.2) is 44.9 Å². The predicted octanol–water partition coefficient (Wildman–Crippen LogP) is 3.77. The van der Waals surface area contributed by atoms with Gasteiger partial charge in [-0.15, -0.1) is 0 Å². The largest absolute Gasteiger partial charge is 0.487 e. The summed E-state index contributed by atoms with van der Waals surface area (Å²) in [5.74, 6) is 1.14. The molecule has 6 aromatic rings. The molecule has 0 aliphatic rings. The van der Waals surface area contributed by atoms with Crippen LogP contribution in [0.4, 0.5) is 11.6 Å². The second-order valence-corrected chi connectivity index (χ2v) is 7.99. The fraction of sp³-hybridized carbons (Fsp3) is 0.0800. The van der Waals surface area contributed by atoms with E-state index >= 15 is 0 Å². The molecule has 11 nitrogen and oxygen atoms in total. The standard InChI is InChI=1S/C25H20N10O/c1-2-17(13-35-16-27-15-32-35)6-20(3-1)33-25-29-9-18-7-22(19-10-30-31-11-19)24(8-23(18)34-25)36-14-21-12-26-4-5-28-21/h1-12,15-16H,13-14H2,(H,30,31)(H,29,33,34). The highest BCUT2D eigenvalue weighted by atomic mass is 16.5. The van der Waals surface area contributed by atoms with Crippen molar-refractivity contribution in [3.63, 3.8) is 0 Å². The summed E-state index contributed by atoms with van der Waals surface area (Å²) in [5.41, 5.74) is 5.21. The van der Waals surface area contributed by atoms with Gasteiger partial charge in [-0.2, -0.15) is 10.2 Å². The van der Waals surface area contributed by atoms with Gasteiger partial charge in [0.1, 0.15) is 25.0 Å². The molecule has 176 valence electrons. The molecule has 0 saturated carbocycles. The molecule has 0 amide bonds. The van der Waals surface area contributed by atoms with E-state index in [0.29, 0.717) is 18.2 Å². The average Bonchev–Trinajstić information content (AvgIpc) is 3.63. The van der Waals surface area contributed by atoms with Crippen LogP contribution < -0.4 is 10.1 Å².